The summed E-state index contributed by atoms with van der Waals surface area (Å²) in [6.07, 6.45) is 2.34. The number of hydrogen-bond donors (Lipinski definition) is 1. The molecule has 0 radical (unpaired) electrons. The van der Waals surface area contributed by atoms with Crippen LogP contribution in [0, 0.1) is 6.92 Å². The zero-order valence-electron chi connectivity index (χ0n) is 8.99. The van der Waals surface area contributed by atoms with E-state index in [9.17, 15) is 9.90 Å². The van der Waals surface area contributed by atoms with E-state index in [4.69, 9.17) is 4.42 Å². The molecule has 0 spiro atoms. The highest BCUT2D eigenvalue weighted by Gasteiger charge is 2.09. The highest BCUT2D eigenvalue weighted by Crippen LogP contribution is 2.27. The first kappa shape index (κ1) is 10.5. The summed E-state index contributed by atoms with van der Waals surface area (Å²) in [5.74, 6) is 0.131. The van der Waals surface area contributed by atoms with Crippen LogP contribution < -0.4 is 5.63 Å². The van der Waals surface area contributed by atoms with Crippen LogP contribution in [0.1, 0.15) is 11.1 Å². The van der Waals surface area contributed by atoms with E-state index >= 15 is 0 Å². The molecule has 0 saturated carbocycles. The number of aryl methyl sites for hydroxylation is 1. The average molecular weight is 216 g/mol. The molecule has 1 aromatic heterocycles. The third kappa shape index (κ3) is 1.60. The summed E-state index contributed by atoms with van der Waals surface area (Å²) in [4.78, 5) is 11.4. The minimum atomic E-state index is -0.405. The van der Waals surface area contributed by atoms with Gasteiger partial charge in [0.2, 0.25) is 0 Å². The molecule has 0 unspecified atom stereocenters. The van der Waals surface area contributed by atoms with Crippen molar-refractivity contribution in [2.24, 2.45) is 0 Å². The number of rotatable bonds is 2. The van der Waals surface area contributed by atoms with Crippen molar-refractivity contribution < 1.29 is 9.52 Å². The normalized spacial score (nSPS) is 10.6. The Kier molecular flexibility index (Phi) is 2.52. The van der Waals surface area contributed by atoms with Crippen LogP contribution in [0.25, 0.3) is 11.0 Å². The Bertz CT molecular complexity index is 608. The van der Waals surface area contributed by atoms with Crippen molar-refractivity contribution >= 4 is 11.0 Å². The first-order chi connectivity index (χ1) is 7.63. The van der Waals surface area contributed by atoms with Gasteiger partial charge in [0.15, 0.2) is 0 Å². The maximum atomic E-state index is 11.4. The quantitative estimate of drug-likeness (QED) is 0.620. The van der Waals surface area contributed by atoms with E-state index in [1.165, 1.54) is 6.07 Å². The van der Waals surface area contributed by atoms with Gasteiger partial charge in [0.05, 0.1) is 0 Å². The minimum Gasteiger partial charge on any atom is -0.508 e. The lowest BCUT2D eigenvalue weighted by Crippen LogP contribution is -2.01. The van der Waals surface area contributed by atoms with Crippen LogP contribution in [0.2, 0.25) is 0 Å². The molecule has 0 bridgehead atoms. The summed E-state index contributed by atoms with van der Waals surface area (Å²) in [5, 5.41) is 10.4. The molecule has 1 heterocycles. The average Bonchev–Trinajstić information content (AvgIpc) is 2.24. The lowest BCUT2D eigenvalue weighted by atomic mass is 10.0. The van der Waals surface area contributed by atoms with E-state index < -0.39 is 5.63 Å². The molecule has 0 saturated heterocycles. The van der Waals surface area contributed by atoms with Crippen molar-refractivity contribution in [2.75, 3.05) is 0 Å². The third-order valence-electron chi connectivity index (χ3n) is 2.58. The van der Waals surface area contributed by atoms with Gasteiger partial charge in [-0.1, -0.05) is 6.08 Å². The molecule has 3 nitrogen and oxygen atoms in total. The summed E-state index contributed by atoms with van der Waals surface area (Å²) in [6.45, 7) is 5.37. The van der Waals surface area contributed by atoms with Gasteiger partial charge in [-0.05, 0) is 31.0 Å². The standard InChI is InChI=1S/C13H12O3/c1-3-4-9-7-12(15)16-13-8(2)11(14)6-5-10(9)13/h3,5-7,14H,1,4H2,2H3. The number of benzene rings is 1. The minimum absolute atomic E-state index is 0.131. The summed E-state index contributed by atoms with van der Waals surface area (Å²) in [5.41, 5.74) is 1.49. The predicted octanol–water partition coefficient (Wildman–Crippen LogP) is 2.54. The van der Waals surface area contributed by atoms with Gasteiger partial charge in [-0.3, -0.25) is 0 Å². The molecule has 0 aliphatic carbocycles. The highest BCUT2D eigenvalue weighted by molar-refractivity contribution is 5.84. The van der Waals surface area contributed by atoms with Gasteiger partial charge < -0.3 is 9.52 Å². The molecule has 1 aromatic carbocycles. The van der Waals surface area contributed by atoms with Gasteiger partial charge in [0.1, 0.15) is 11.3 Å². The second-order valence-electron chi connectivity index (χ2n) is 3.67. The monoisotopic (exact) mass is 216 g/mol. The maximum Gasteiger partial charge on any atom is 0.336 e. The summed E-state index contributed by atoms with van der Waals surface area (Å²) < 4.78 is 5.11. The van der Waals surface area contributed by atoms with Crippen molar-refractivity contribution in [1.82, 2.24) is 0 Å². The molecule has 0 amide bonds. The van der Waals surface area contributed by atoms with Gasteiger partial charge in [-0.15, -0.1) is 6.58 Å². The van der Waals surface area contributed by atoms with Crippen LogP contribution in [0.15, 0.2) is 40.1 Å². The lowest BCUT2D eigenvalue weighted by molar-refractivity contribution is 0.468. The number of aromatic hydroxyl groups is 1. The number of fused-ring (bicyclic) bond motifs is 1. The van der Waals surface area contributed by atoms with E-state index in [-0.39, 0.29) is 5.75 Å². The molecule has 2 rings (SSSR count). The number of hydrogen-bond acceptors (Lipinski definition) is 3. The molecule has 16 heavy (non-hydrogen) atoms. The first-order valence-electron chi connectivity index (χ1n) is 4.99. The van der Waals surface area contributed by atoms with Crippen LogP contribution in [0.3, 0.4) is 0 Å². The SMILES string of the molecule is C=CCc1cc(=O)oc2c(C)c(O)ccc12. The maximum absolute atomic E-state index is 11.4. The molecule has 82 valence electrons. The molecule has 0 aliphatic rings. The van der Waals surface area contributed by atoms with E-state index in [0.717, 1.165) is 10.9 Å². The number of phenols is 1. The van der Waals surface area contributed by atoms with E-state index in [2.05, 4.69) is 6.58 Å². The van der Waals surface area contributed by atoms with Crippen LogP contribution in [-0.4, -0.2) is 5.11 Å². The van der Waals surface area contributed by atoms with E-state index in [0.29, 0.717) is 17.6 Å². The predicted molar refractivity (Wildman–Crippen MR) is 62.8 cm³/mol. The zero-order chi connectivity index (χ0) is 11.7. The van der Waals surface area contributed by atoms with Crippen LogP contribution in [-0.2, 0) is 6.42 Å². The number of phenolic OH excluding ortho intramolecular Hbond substituents is 1. The highest BCUT2D eigenvalue weighted by atomic mass is 16.4. The largest absolute Gasteiger partial charge is 0.508 e. The first-order valence-corrected chi connectivity index (χ1v) is 4.99. The molecule has 0 aliphatic heterocycles. The Labute approximate surface area is 92.6 Å². The van der Waals surface area contributed by atoms with Crippen LogP contribution >= 0.6 is 0 Å². The van der Waals surface area contributed by atoms with Crippen molar-refractivity contribution in [3.63, 3.8) is 0 Å². The van der Waals surface area contributed by atoms with Crippen LogP contribution in [0.4, 0.5) is 0 Å². The molecular weight excluding hydrogens is 204 g/mol. The fraction of sp³-hybridized carbons (Fsp3) is 0.154. The van der Waals surface area contributed by atoms with E-state index in [1.54, 1.807) is 25.1 Å². The molecule has 3 heteroatoms. The van der Waals surface area contributed by atoms with Gasteiger partial charge in [-0.25, -0.2) is 4.79 Å². The topological polar surface area (TPSA) is 50.4 Å². The molecule has 2 aromatic rings. The molecule has 0 atom stereocenters. The molecular formula is C13H12O3. The third-order valence-corrected chi connectivity index (χ3v) is 2.58. The van der Waals surface area contributed by atoms with E-state index in [1.807, 2.05) is 0 Å². The fourth-order valence-electron chi connectivity index (χ4n) is 1.74. The van der Waals surface area contributed by atoms with Gasteiger partial charge in [0, 0.05) is 17.0 Å². The van der Waals surface area contributed by atoms with Gasteiger partial charge in [-0.2, -0.15) is 0 Å². The van der Waals surface area contributed by atoms with Crippen molar-refractivity contribution in [3.05, 3.63) is 52.4 Å². The Morgan fingerprint density at radius 1 is 1.50 bits per heavy atom. The smallest absolute Gasteiger partial charge is 0.336 e. The Balaban J connectivity index is 2.88. The van der Waals surface area contributed by atoms with Crippen molar-refractivity contribution in [1.29, 1.82) is 0 Å². The Hall–Kier alpha value is -2.03. The second kappa shape index (κ2) is 3.85. The van der Waals surface area contributed by atoms with Gasteiger partial charge >= 0.3 is 5.63 Å². The Morgan fingerprint density at radius 3 is 2.94 bits per heavy atom. The van der Waals surface area contributed by atoms with Gasteiger partial charge in [0.25, 0.3) is 0 Å². The summed E-state index contributed by atoms with van der Waals surface area (Å²) in [6, 6.07) is 4.81. The molecule has 0 fully saturated rings. The Morgan fingerprint density at radius 2 is 2.25 bits per heavy atom. The zero-order valence-corrected chi connectivity index (χ0v) is 8.99. The van der Waals surface area contributed by atoms with Crippen molar-refractivity contribution in [2.45, 2.75) is 13.3 Å². The summed E-state index contributed by atoms with van der Waals surface area (Å²) in [7, 11) is 0. The second-order valence-corrected chi connectivity index (χ2v) is 3.67. The summed E-state index contributed by atoms with van der Waals surface area (Å²) >= 11 is 0. The number of allylic oxidation sites excluding steroid dienone is 1. The van der Waals surface area contributed by atoms with Crippen molar-refractivity contribution in [3.8, 4) is 5.75 Å². The lowest BCUT2D eigenvalue weighted by Gasteiger charge is -2.06. The van der Waals surface area contributed by atoms with Crippen LogP contribution in [0.5, 0.6) is 5.75 Å². The molecule has 1 N–H and O–H groups in total. The fourth-order valence-corrected chi connectivity index (χ4v) is 1.74.